The molecule has 0 spiro atoms. The van der Waals surface area contributed by atoms with Crippen molar-refractivity contribution in [3.63, 3.8) is 0 Å². The molecule has 0 saturated heterocycles. The predicted octanol–water partition coefficient (Wildman–Crippen LogP) is 0.887. The molecule has 0 radical (unpaired) electrons. The second kappa shape index (κ2) is 18.3. The minimum atomic E-state index is -1.43. The van der Waals surface area contributed by atoms with Crippen LogP contribution in [-0.2, 0) is 27.2 Å². The van der Waals surface area contributed by atoms with Crippen molar-refractivity contribution >= 4 is 64.2 Å². The molecule has 2 aromatic heterocycles. The number of amides is 4. The Kier molecular flexibility index (Phi) is 13.7. The number of benzene rings is 2. The van der Waals surface area contributed by atoms with Gasteiger partial charge in [0, 0.05) is 17.8 Å². The highest BCUT2D eigenvalue weighted by atomic mass is 16.4. The summed E-state index contributed by atoms with van der Waals surface area (Å²) in [6, 6.07) is 7.21. The minimum absolute atomic E-state index is 0.00187. The Hall–Kier alpha value is -6.76. The number of hydrogen-bond donors (Lipinski definition) is 9. The number of nitrogens with zero attached hydrogens (tertiary/aromatic N) is 4. The maximum Gasteiger partial charge on any atom is 0.336 e. The van der Waals surface area contributed by atoms with Crippen molar-refractivity contribution in [2.75, 3.05) is 23.3 Å². The lowest BCUT2D eigenvalue weighted by Crippen LogP contribution is -2.50. The molecule has 0 fully saturated rings. The van der Waals surface area contributed by atoms with Crippen molar-refractivity contribution in [1.29, 1.82) is 0 Å². The molecule has 2 aromatic carbocycles. The highest BCUT2D eigenvalue weighted by Crippen LogP contribution is 2.18. The van der Waals surface area contributed by atoms with Gasteiger partial charge in [0.2, 0.25) is 17.8 Å². The first-order valence-electron chi connectivity index (χ1n) is 17.2. The van der Waals surface area contributed by atoms with E-state index in [4.69, 9.17) is 17.2 Å². The molecule has 19 heteroatoms. The number of carbonyl (C=O) groups is 6. The molecular weight excluding hydrogens is 714 g/mol. The van der Waals surface area contributed by atoms with Crippen LogP contribution < -0.4 is 38.5 Å². The Morgan fingerprint density at radius 3 is 2.18 bits per heavy atom. The third-order valence-electron chi connectivity index (χ3n) is 8.48. The monoisotopic (exact) mass is 757 g/mol. The summed E-state index contributed by atoms with van der Waals surface area (Å²) < 4.78 is 0. The van der Waals surface area contributed by atoms with Gasteiger partial charge in [-0.25, -0.2) is 19.6 Å². The lowest BCUT2D eigenvalue weighted by atomic mass is 10.0. The SMILES string of the molecule is CC(C)[C@H](N)C(=O)N[C@@H](C)C(=O)Nc1ccc(C(=O)NCCC[C@H](NC(=O)c2ccc(CCc3cnc4nc(N)nc(N)c4n3)cc2)C(=O)O)c(C(=O)O)c1. The van der Waals surface area contributed by atoms with E-state index in [0.29, 0.717) is 29.7 Å². The number of hydrogen-bond acceptors (Lipinski definition) is 13. The molecule has 4 rings (SSSR count). The molecule has 0 unspecified atom stereocenters. The van der Waals surface area contributed by atoms with Gasteiger partial charge in [-0.2, -0.15) is 9.97 Å². The summed E-state index contributed by atoms with van der Waals surface area (Å²) in [5.41, 5.74) is 19.2. The van der Waals surface area contributed by atoms with Gasteiger partial charge in [0.05, 0.1) is 29.1 Å². The predicted molar refractivity (Wildman–Crippen MR) is 201 cm³/mol. The zero-order valence-electron chi connectivity index (χ0n) is 30.3. The average Bonchev–Trinajstić information content (AvgIpc) is 3.14. The number of aryl methyl sites for hydroxylation is 2. The largest absolute Gasteiger partial charge is 0.480 e. The third kappa shape index (κ3) is 11.1. The first kappa shape index (κ1) is 41.0. The van der Waals surface area contributed by atoms with Crippen LogP contribution in [0, 0.1) is 5.92 Å². The number of fused-ring (bicyclic) bond motifs is 1. The van der Waals surface area contributed by atoms with Gasteiger partial charge >= 0.3 is 11.9 Å². The molecule has 55 heavy (non-hydrogen) atoms. The van der Waals surface area contributed by atoms with E-state index in [9.17, 15) is 39.0 Å². The number of nitrogens with one attached hydrogen (secondary N) is 4. The van der Waals surface area contributed by atoms with Crippen LogP contribution in [0.4, 0.5) is 17.5 Å². The van der Waals surface area contributed by atoms with Crippen LogP contribution in [0.3, 0.4) is 0 Å². The summed E-state index contributed by atoms with van der Waals surface area (Å²) >= 11 is 0. The molecule has 4 amide bonds. The lowest BCUT2D eigenvalue weighted by Gasteiger charge is -2.19. The number of anilines is 3. The van der Waals surface area contributed by atoms with Gasteiger partial charge < -0.3 is 48.7 Å². The zero-order valence-corrected chi connectivity index (χ0v) is 30.3. The molecule has 4 aromatic rings. The Morgan fingerprint density at radius 1 is 0.818 bits per heavy atom. The summed E-state index contributed by atoms with van der Waals surface area (Å²) in [4.78, 5) is 91.1. The van der Waals surface area contributed by atoms with Crippen molar-refractivity contribution in [2.24, 2.45) is 11.7 Å². The molecule has 19 nitrogen and oxygen atoms in total. The smallest absolute Gasteiger partial charge is 0.336 e. The minimum Gasteiger partial charge on any atom is -0.480 e. The first-order valence-corrected chi connectivity index (χ1v) is 17.2. The van der Waals surface area contributed by atoms with Crippen LogP contribution in [0.2, 0.25) is 0 Å². The average molecular weight is 758 g/mol. The van der Waals surface area contributed by atoms with Crippen LogP contribution in [0.5, 0.6) is 0 Å². The van der Waals surface area contributed by atoms with E-state index in [0.717, 1.165) is 11.6 Å². The lowest BCUT2D eigenvalue weighted by molar-refractivity contribution is -0.139. The van der Waals surface area contributed by atoms with Gasteiger partial charge in [0.25, 0.3) is 11.8 Å². The topological polar surface area (TPSA) is 321 Å². The van der Waals surface area contributed by atoms with Crippen LogP contribution >= 0.6 is 0 Å². The molecule has 0 aliphatic carbocycles. The van der Waals surface area contributed by atoms with Crippen molar-refractivity contribution in [3.05, 3.63) is 76.6 Å². The van der Waals surface area contributed by atoms with E-state index in [1.807, 2.05) is 0 Å². The number of nitrogen functional groups attached to an aromatic ring is 2. The highest BCUT2D eigenvalue weighted by molar-refractivity contribution is 6.06. The number of aromatic nitrogens is 4. The third-order valence-corrected chi connectivity index (χ3v) is 8.48. The standard InChI is InChI=1S/C36H43N11O8/c1-17(2)26(37)33(51)42-18(3)30(48)44-21-12-13-23(24(15-21)34(52)53)32(50)40-14-4-5-25(35(54)55)45-31(49)20-9-6-19(7-10-20)8-11-22-16-41-29-27(43-22)28(38)46-36(39)47-29/h6-7,9-10,12-13,15-18,25-26H,4-5,8,11,14,37H2,1-3H3,(H,40,50)(H,42,51)(H,44,48)(H,45,49)(H,52,53)(H,54,55)(H4,38,39,41,46,47)/t18-,25-,26-/m0/s1. The Labute approximate surface area is 314 Å². The quantitative estimate of drug-likeness (QED) is 0.0675. The van der Waals surface area contributed by atoms with Crippen LogP contribution in [0.1, 0.15) is 75.9 Å². The fourth-order valence-electron chi connectivity index (χ4n) is 5.23. The van der Waals surface area contributed by atoms with Gasteiger partial charge in [-0.15, -0.1) is 0 Å². The molecular formula is C36H43N11O8. The summed E-state index contributed by atoms with van der Waals surface area (Å²) in [6.07, 6.45) is 2.73. The highest BCUT2D eigenvalue weighted by Gasteiger charge is 2.24. The fourth-order valence-corrected chi connectivity index (χ4v) is 5.23. The van der Waals surface area contributed by atoms with Crippen molar-refractivity contribution in [3.8, 4) is 0 Å². The first-order chi connectivity index (χ1) is 26.0. The number of aromatic carboxylic acids is 1. The van der Waals surface area contributed by atoms with Crippen molar-refractivity contribution in [2.45, 2.75) is 64.6 Å². The summed E-state index contributed by atoms with van der Waals surface area (Å²) in [5, 5.41) is 29.5. The fraction of sp³-hybridized carbons (Fsp3) is 0.333. The summed E-state index contributed by atoms with van der Waals surface area (Å²) in [7, 11) is 0. The molecule has 2 heterocycles. The normalized spacial score (nSPS) is 12.7. The van der Waals surface area contributed by atoms with Crippen molar-refractivity contribution < 1.29 is 39.0 Å². The number of aliphatic carboxylic acids is 1. The Morgan fingerprint density at radius 2 is 1.53 bits per heavy atom. The Balaban J connectivity index is 1.26. The van der Waals surface area contributed by atoms with Gasteiger partial charge in [-0.05, 0) is 74.4 Å². The van der Waals surface area contributed by atoms with E-state index in [2.05, 4.69) is 41.2 Å². The number of carboxylic acid groups (broad SMARTS) is 2. The van der Waals surface area contributed by atoms with Gasteiger partial charge in [0.15, 0.2) is 17.0 Å². The van der Waals surface area contributed by atoms with E-state index in [1.54, 1.807) is 44.3 Å². The second-order valence-corrected chi connectivity index (χ2v) is 13.0. The van der Waals surface area contributed by atoms with Crippen LogP contribution in [0.15, 0.2) is 48.7 Å². The van der Waals surface area contributed by atoms with Crippen LogP contribution in [0.25, 0.3) is 11.2 Å². The number of carbonyl (C=O) groups excluding carboxylic acids is 4. The maximum atomic E-state index is 12.9. The molecule has 0 aliphatic heterocycles. The van der Waals surface area contributed by atoms with E-state index in [1.165, 1.54) is 19.1 Å². The molecule has 0 bridgehead atoms. The molecule has 290 valence electrons. The number of rotatable bonds is 17. The van der Waals surface area contributed by atoms with E-state index >= 15 is 0 Å². The molecule has 3 atom stereocenters. The zero-order chi connectivity index (χ0) is 40.4. The van der Waals surface area contributed by atoms with Crippen molar-refractivity contribution in [1.82, 2.24) is 35.9 Å². The maximum absolute atomic E-state index is 12.9. The van der Waals surface area contributed by atoms with Crippen LogP contribution in [-0.4, -0.2) is 90.4 Å². The summed E-state index contributed by atoms with van der Waals surface area (Å²) in [6.45, 7) is 4.93. The van der Waals surface area contributed by atoms with E-state index in [-0.39, 0.29) is 53.9 Å². The van der Waals surface area contributed by atoms with Gasteiger partial charge in [-0.1, -0.05) is 26.0 Å². The molecule has 12 N–H and O–H groups in total. The second-order valence-electron chi connectivity index (χ2n) is 13.0. The van der Waals surface area contributed by atoms with Gasteiger partial charge in [0.1, 0.15) is 12.1 Å². The molecule has 0 aliphatic rings. The Bertz CT molecular complexity index is 2090. The van der Waals surface area contributed by atoms with Gasteiger partial charge in [-0.3, -0.25) is 19.2 Å². The van der Waals surface area contributed by atoms with E-state index < -0.39 is 59.3 Å². The summed E-state index contributed by atoms with van der Waals surface area (Å²) in [5.74, 6) is -5.23. The number of carboxylic acids is 2. The number of nitrogens with two attached hydrogens (primary N) is 3. The molecule has 0 saturated carbocycles.